The van der Waals surface area contributed by atoms with Gasteiger partial charge in [-0.1, -0.05) is 29.3 Å². The summed E-state index contributed by atoms with van der Waals surface area (Å²) < 4.78 is 3.79. The molecule has 2 rings (SSSR count). The maximum Gasteiger partial charge on any atom is 0.137 e. The Morgan fingerprint density at radius 2 is 2.06 bits per heavy atom. The smallest absolute Gasteiger partial charge is 0.137 e. The molecule has 1 aromatic carbocycles. The fraction of sp³-hybridized carbons (Fsp3) is 0.100. The largest absolute Gasteiger partial charge is 0.266 e. The summed E-state index contributed by atoms with van der Waals surface area (Å²) in [5.74, 6) is 0. The van der Waals surface area contributed by atoms with E-state index in [0.717, 1.165) is 13.7 Å². The van der Waals surface area contributed by atoms with Crippen LogP contribution < -0.4 is 0 Å². The van der Waals surface area contributed by atoms with Gasteiger partial charge in [0.15, 0.2) is 0 Å². The molecule has 0 spiro atoms. The molecular formula is C10H6BrCl2IN2. The quantitative estimate of drug-likeness (QED) is 0.635. The predicted octanol–water partition coefficient (Wildman–Crippen LogP) is 4.61. The van der Waals surface area contributed by atoms with Gasteiger partial charge in [0.2, 0.25) is 0 Å². The van der Waals surface area contributed by atoms with E-state index in [9.17, 15) is 0 Å². The molecule has 0 aliphatic rings. The number of halogens is 4. The second-order valence-electron chi connectivity index (χ2n) is 3.21. The van der Waals surface area contributed by atoms with Crippen molar-refractivity contribution in [3.8, 4) is 0 Å². The van der Waals surface area contributed by atoms with Crippen molar-refractivity contribution in [3.63, 3.8) is 0 Å². The van der Waals surface area contributed by atoms with Gasteiger partial charge >= 0.3 is 0 Å². The van der Waals surface area contributed by atoms with E-state index in [1.807, 2.05) is 23.0 Å². The molecule has 84 valence electrons. The molecule has 0 saturated heterocycles. The topological polar surface area (TPSA) is 17.8 Å². The summed E-state index contributed by atoms with van der Waals surface area (Å²) in [7, 11) is 0. The van der Waals surface area contributed by atoms with E-state index in [4.69, 9.17) is 23.2 Å². The second-order valence-corrected chi connectivity index (χ2v) is 5.90. The highest BCUT2D eigenvalue weighted by molar-refractivity contribution is 14.1. The van der Waals surface area contributed by atoms with Gasteiger partial charge in [-0.05, 0) is 56.2 Å². The number of aromatic nitrogens is 2. The lowest BCUT2D eigenvalue weighted by atomic mass is 10.2. The Hall–Kier alpha value is 0.220. The normalized spacial score (nSPS) is 10.8. The zero-order valence-electron chi connectivity index (χ0n) is 7.92. The van der Waals surface area contributed by atoms with Crippen LogP contribution in [0.1, 0.15) is 5.56 Å². The number of benzene rings is 1. The van der Waals surface area contributed by atoms with Gasteiger partial charge in [-0.25, -0.2) is 0 Å². The van der Waals surface area contributed by atoms with Gasteiger partial charge in [0.25, 0.3) is 0 Å². The third-order valence-electron chi connectivity index (χ3n) is 2.00. The minimum atomic E-state index is 0.570. The highest BCUT2D eigenvalue weighted by atomic mass is 127. The molecule has 6 heteroatoms. The Kier molecular flexibility index (Phi) is 4.15. The first-order valence-corrected chi connectivity index (χ1v) is 7.01. The molecule has 0 N–H and O–H groups in total. The molecule has 2 aromatic rings. The predicted molar refractivity (Wildman–Crippen MR) is 78.2 cm³/mol. The van der Waals surface area contributed by atoms with Gasteiger partial charge < -0.3 is 0 Å². The van der Waals surface area contributed by atoms with Crippen molar-refractivity contribution < 1.29 is 0 Å². The standard InChI is InChI=1S/C10H6BrCl2IN2/c11-7-5-16(15-10(7)14)4-6-1-2-8(12)9(13)3-6/h1-3,5H,4H2. The summed E-state index contributed by atoms with van der Waals surface area (Å²) in [4.78, 5) is 0. The van der Waals surface area contributed by atoms with Crippen molar-refractivity contribution in [1.82, 2.24) is 9.78 Å². The van der Waals surface area contributed by atoms with Crippen LogP contribution in [-0.4, -0.2) is 9.78 Å². The Bertz CT molecular complexity index is 508. The van der Waals surface area contributed by atoms with Crippen molar-refractivity contribution in [2.24, 2.45) is 0 Å². The highest BCUT2D eigenvalue weighted by Gasteiger charge is 2.04. The van der Waals surface area contributed by atoms with E-state index in [1.165, 1.54) is 0 Å². The average molecular weight is 432 g/mol. The van der Waals surface area contributed by atoms with Gasteiger partial charge in [-0.15, -0.1) is 0 Å². The monoisotopic (exact) mass is 430 g/mol. The first-order valence-electron chi connectivity index (χ1n) is 4.38. The molecule has 0 bridgehead atoms. The van der Waals surface area contributed by atoms with Crippen LogP contribution in [0.4, 0.5) is 0 Å². The summed E-state index contributed by atoms with van der Waals surface area (Å²) in [5.41, 5.74) is 1.07. The number of rotatable bonds is 2. The summed E-state index contributed by atoms with van der Waals surface area (Å²) in [6.45, 7) is 0.679. The van der Waals surface area contributed by atoms with Gasteiger partial charge in [0.1, 0.15) is 3.70 Å². The summed E-state index contributed by atoms with van der Waals surface area (Å²) in [6.07, 6.45) is 1.93. The Morgan fingerprint density at radius 3 is 2.62 bits per heavy atom. The minimum absolute atomic E-state index is 0.570. The highest BCUT2D eigenvalue weighted by Crippen LogP contribution is 2.23. The van der Waals surface area contributed by atoms with Crippen LogP contribution in [0.3, 0.4) is 0 Å². The van der Waals surface area contributed by atoms with E-state index in [-0.39, 0.29) is 0 Å². The molecule has 0 atom stereocenters. The molecule has 0 radical (unpaired) electrons. The van der Waals surface area contributed by atoms with E-state index < -0.39 is 0 Å². The number of hydrogen-bond donors (Lipinski definition) is 0. The lowest BCUT2D eigenvalue weighted by Gasteiger charge is -2.03. The van der Waals surface area contributed by atoms with Crippen molar-refractivity contribution in [3.05, 3.63) is 48.2 Å². The van der Waals surface area contributed by atoms with Crippen LogP contribution >= 0.6 is 61.7 Å². The molecule has 0 fully saturated rings. The molecule has 0 aliphatic carbocycles. The summed E-state index contributed by atoms with van der Waals surface area (Å²) in [5, 5.41) is 5.48. The van der Waals surface area contributed by atoms with E-state index in [1.54, 1.807) is 6.07 Å². The molecule has 0 saturated carbocycles. The van der Waals surface area contributed by atoms with Gasteiger partial charge in [-0.3, -0.25) is 4.68 Å². The zero-order valence-corrected chi connectivity index (χ0v) is 13.2. The van der Waals surface area contributed by atoms with Crippen LogP contribution in [0.2, 0.25) is 10.0 Å². The average Bonchev–Trinajstić information content (AvgIpc) is 2.52. The maximum absolute atomic E-state index is 5.94. The van der Waals surface area contributed by atoms with Crippen molar-refractivity contribution in [2.75, 3.05) is 0 Å². The Morgan fingerprint density at radius 1 is 1.31 bits per heavy atom. The molecule has 2 nitrogen and oxygen atoms in total. The molecule has 0 unspecified atom stereocenters. The molecule has 16 heavy (non-hydrogen) atoms. The van der Waals surface area contributed by atoms with Gasteiger partial charge in [0, 0.05) is 6.20 Å². The van der Waals surface area contributed by atoms with Crippen molar-refractivity contribution in [2.45, 2.75) is 6.54 Å². The number of hydrogen-bond acceptors (Lipinski definition) is 1. The first kappa shape index (κ1) is 12.7. The van der Waals surface area contributed by atoms with E-state index in [2.05, 4.69) is 43.6 Å². The maximum atomic E-state index is 5.94. The number of nitrogens with zero attached hydrogens (tertiary/aromatic N) is 2. The van der Waals surface area contributed by atoms with Crippen LogP contribution in [0.15, 0.2) is 28.9 Å². The molecular weight excluding hydrogens is 426 g/mol. The van der Waals surface area contributed by atoms with Crippen LogP contribution in [0, 0.1) is 3.70 Å². The van der Waals surface area contributed by atoms with Crippen LogP contribution in [0.25, 0.3) is 0 Å². The zero-order chi connectivity index (χ0) is 11.7. The van der Waals surface area contributed by atoms with Crippen molar-refractivity contribution >= 4 is 61.7 Å². The third-order valence-corrected chi connectivity index (χ3v) is 4.86. The lowest BCUT2D eigenvalue weighted by Crippen LogP contribution is -2.00. The molecule has 0 amide bonds. The van der Waals surface area contributed by atoms with Crippen LogP contribution in [-0.2, 0) is 6.54 Å². The van der Waals surface area contributed by atoms with Crippen LogP contribution in [0.5, 0.6) is 0 Å². The fourth-order valence-corrected chi connectivity index (χ4v) is 2.33. The summed E-state index contributed by atoms with van der Waals surface area (Å²) >= 11 is 17.4. The summed E-state index contributed by atoms with van der Waals surface area (Å²) in [6, 6.07) is 5.59. The molecule has 1 aromatic heterocycles. The molecule has 1 heterocycles. The Labute approximate surface area is 125 Å². The van der Waals surface area contributed by atoms with Crippen molar-refractivity contribution in [1.29, 1.82) is 0 Å². The lowest BCUT2D eigenvalue weighted by molar-refractivity contribution is 0.681. The van der Waals surface area contributed by atoms with E-state index in [0.29, 0.717) is 16.6 Å². The molecule has 0 aliphatic heterocycles. The third kappa shape index (κ3) is 2.91. The Balaban J connectivity index is 2.23. The SMILES string of the molecule is Clc1ccc(Cn2cc(Br)c(I)n2)cc1Cl. The second kappa shape index (κ2) is 5.25. The fourth-order valence-electron chi connectivity index (χ4n) is 1.28. The van der Waals surface area contributed by atoms with E-state index >= 15 is 0 Å². The minimum Gasteiger partial charge on any atom is -0.266 e. The van der Waals surface area contributed by atoms with Gasteiger partial charge in [-0.2, -0.15) is 5.10 Å². The van der Waals surface area contributed by atoms with Gasteiger partial charge in [0.05, 0.1) is 21.1 Å². The first-order chi connectivity index (χ1) is 7.56.